The molecule has 41 heavy (non-hydrogen) atoms. The maximum absolute atomic E-state index is 11.6. The first kappa shape index (κ1) is 31.4. The Bertz CT molecular complexity index is 1420. The molecule has 4 fully saturated rings. The average Bonchev–Trinajstić information content (AvgIpc) is 2.91. The summed E-state index contributed by atoms with van der Waals surface area (Å²) in [6.45, 7) is 2.65. The van der Waals surface area contributed by atoms with E-state index >= 15 is 0 Å². The molecule has 3 aromatic rings. The Morgan fingerprint density at radius 1 is 0.976 bits per heavy atom. The van der Waals surface area contributed by atoms with Crippen molar-refractivity contribution in [3.05, 3.63) is 79.7 Å². The van der Waals surface area contributed by atoms with E-state index in [1.165, 1.54) is 44.1 Å². The molecule has 0 amide bonds. The van der Waals surface area contributed by atoms with E-state index in [9.17, 15) is 10.2 Å². The fraction of sp³-hybridized carbons (Fsp3) is 0.406. The third-order valence-electron chi connectivity index (χ3n) is 9.04. The average molecular weight is 757 g/mol. The van der Waals surface area contributed by atoms with Crippen molar-refractivity contribution < 1.29 is 27.2 Å². The van der Waals surface area contributed by atoms with Gasteiger partial charge >= 0.3 is 35.6 Å². The summed E-state index contributed by atoms with van der Waals surface area (Å²) in [5, 5.41) is 22.1. The zero-order valence-electron chi connectivity index (χ0n) is 23.2. The summed E-state index contributed by atoms with van der Waals surface area (Å²) < 4.78 is 1.56. The molecule has 4 aliphatic carbocycles. The monoisotopic (exact) mass is 754 g/mol. The molecule has 7 rings (SSSR count). The number of phenols is 2. The van der Waals surface area contributed by atoms with Crippen LogP contribution in [0.2, 0.25) is 0 Å². The number of benzene rings is 3. The molecule has 0 aromatic heterocycles. The summed E-state index contributed by atoms with van der Waals surface area (Å²) in [5.41, 5.74) is 5.83. The van der Waals surface area contributed by atoms with Crippen LogP contribution in [0.25, 0.3) is 0 Å². The van der Waals surface area contributed by atoms with Crippen LogP contribution < -0.4 is 4.90 Å². The number of hydrogen-bond acceptors (Lipinski definition) is 4. The number of aliphatic imine (C=N–C) groups is 1. The molecule has 2 N–H and O–H groups in total. The van der Waals surface area contributed by atoms with Gasteiger partial charge in [-0.05, 0) is 120 Å². The summed E-state index contributed by atoms with van der Waals surface area (Å²) in [7, 11) is 11.8. The topological polar surface area (TPSA) is 56.1 Å². The Labute approximate surface area is 276 Å². The van der Waals surface area contributed by atoms with Gasteiger partial charge in [-0.3, -0.25) is 4.99 Å². The molecule has 4 saturated carbocycles. The van der Waals surface area contributed by atoms with Crippen molar-refractivity contribution in [3.63, 3.8) is 0 Å². The molecule has 0 radical (unpaired) electrons. The van der Waals surface area contributed by atoms with Gasteiger partial charge in [-0.25, -0.2) is 0 Å². The number of anilines is 1. The van der Waals surface area contributed by atoms with Crippen LogP contribution in [-0.4, -0.2) is 23.5 Å². The Kier molecular flexibility index (Phi) is 10.2. The number of phenolic OH excluding ortho intramolecular Hbond substituents is 2. The van der Waals surface area contributed by atoms with E-state index in [4.69, 9.17) is 23.6 Å². The number of aromatic hydroxyl groups is 2. The molecule has 0 aliphatic heterocycles. The maximum atomic E-state index is 11.6. The second kappa shape index (κ2) is 13.3. The van der Waals surface area contributed by atoms with Crippen LogP contribution in [-0.2, 0) is 29.0 Å². The summed E-state index contributed by atoms with van der Waals surface area (Å²) in [6.07, 6.45) is 9.65. The molecule has 216 valence electrons. The third-order valence-corrected chi connectivity index (χ3v) is 10.1. The first-order valence-corrected chi connectivity index (χ1v) is 19.8. The summed E-state index contributed by atoms with van der Waals surface area (Å²) in [6, 6.07) is 16.1. The van der Waals surface area contributed by atoms with E-state index in [0.717, 1.165) is 50.3 Å². The van der Waals surface area contributed by atoms with Crippen molar-refractivity contribution in [1.82, 2.24) is 0 Å². The summed E-state index contributed by atoms with van der Waals surface area (Å²) in [5.74, 6) is 3.13. The molecular formula is C32H34Br2Cl2N2O2Ti. The molecule has 9 heteroatoms. The number of para-hydroxylation sites is 2. The number of nitrogens with zero attached hydrogens (tertiary/aromatic N) is 2. The van der Waals surface area contributed by atoms with E-state index in [1.807, 2.05) is 55.7 Å². The van der Waals surface area contributed by atoms with Crippen LogP contribution in [0.4, 0.5) is 11.4 Å². The van der Waals surface area contributed by atoms with Crippen LogP contribution in [0.15, 0.2) is 62.5 Å². The van der Waals surface area contributed by atoms with Gasteiger partial charge in [0.25, 0.3) is 0 Å². The predicted octanol–water partition coefficient (Wildman–Crippen LogP) is 10.2. The van der Waals surface area contributed by atoms with Crippen LogP contribution in [0.1, 0.15) is 60.8 Å². The van der Waals surface area contributed by atoms with Crippen molar-refractivity contribution in [2.45, 2.75) is 57.4 Å². The number of rotatable bonds is 6. The number of halogens is 4. The molecule has 0 heterocycles. The van der Waals surface area contributed by atoms with Gasteiger partial charge in [0, 0.05) is 41.0 Å². The van der Waals surface area contributed by atoms with Crippen molar-refractivity contribution in [3.8, 4) is 11.5 Å². The zero-order valence-corrected chi connectivity index (χ0v) is 29.4. The molecule has 4 bridgehead atoms. The van der Waals surface area contributed by atoms with Crippen LogP contribution in [0, 0.1) is 24.7 Å². The van der Waals surface area contributed by atoms with Crippen LogP contribution >= 0.6 is 50.5 Å². The molecule has 0 unspecified atom stereocenters. The van der Waals surface area contributed by atoms with E-state index in [-0.39, 0.29) is 11.2 Å². The van der Waals surface area contributed by atoms with Gasteiger partial charge in [-0.1, -0.05) is 34.1 Å². The fourth-order valence-electron chi connectivity index (χ4n) is 7.87. The third kappa shape index (κ3) is 6.89. The van der Waals surface area contributed by atoms with Crippen LogP contribution in [0.5, 0.6) is 11.5 Å². The van der Waals surface area contributed by atoms with Gasteiger partial charge in [-0.2, -0.15) is 0 Å². The van der Waals surface area contributed by atoms with Crippen LogP contribution in [0.3, 0.4) is 0 Å². The normalized spacial score (nSPS) is 24.3. The summed E-state index contributed by atoms with van der Waals surface area (Å²) in [4.78, 5) is 6.96. The van der Waals surface area contributed by atoms with Gasteiger partial charge in [0.2, 0.25) is 0 Å². The van der Waals surface area contributed by atoms with Gasteiger partial charge in [0.05, 0.1) is 15.8 Å². The van der Waals surface area contributed by atoms with Gasteiger partial charge in [-0.15, -0.1) is 0 Å². The van der Waals surface area contributed by atoms with E-state index < -0.39 is 17.0 Å². The second-order valence-corrected chi connectivity index (χ2v) is 16.4. The molecule has 4 aliphatic rings. The fourth-order valence-corrected chi connectivity index (χ4v) is 9.18. The van der Waals surface area contributed by atoms with Crippen molar-refractivity contribution >= 4 is 68.1 Å². The molecule has 4 nitrogen and oxygen atoms in total. The van der Waals surface area contributed by atoms with E-state index in [1.54, 1.807) is 0 Å². The SMILES string of the molecule is Cc1cc(C=Nc2ccccc2N(C)Cc2cc(Br)cc(Br)c2O)c(O)c(C23CC4CC(CC(C4)C2)C3)c1.[Cl][Ti][Cl]. The van der Waals surface area contributed by atoms with E-state index in [0.29, 0.717) is 16.8 Å². The standard InChI is InChI=1S/C32H34Br2N2O2.2ClH.Ti/c1-19-7-23(30(37)26(8-19)32-14-20-9-21(15-32)11-22(10-20)16-32)17-35-28-5-3-4-6-29(28)36(2)18-24-12-25(33)13-27(34)31(24)38;;;/h3-8,12-13,17,20-22,37-38H,9-11,14-16,18H2,1-2H3;2*1H;/q;;;+2/p-2. The van der Waals surface area contributed by atoms with Crippen molar-refractivity contribution in [2.24, 2.45) is 22.7 Å². The molecule has 3 aromatic carbocycles. The molecule has 0 spiro atoms. The Hall–Kier alpha value is -1.02. The number of hydrogen-bond donors (Lipinski definition) is 2. The first-order chi connectivity index (χ1) is 19.6. The van der Waals surface area contributed by atoms with Gasteiger partial charge < -0.3 is 15.1 Å². The zero-order chi connectivity index (χ0) is 29.3. The second-order valence-electron chi connectivity index (χ2n) is 12.0. The minimum absolute atomic E-state index is 0.131. The van der Waals surface area contributed by atoms with Crippen molar-refractivity contribution in [2.75, 3.05) is 11.9 Å². The quantitative estimate of drug-likeness (QED) is 0.195. The Morgan fingerprint density at radius 2 is 1.59 bits per heavy atom. The van der Waals surface area contributed by atoms with E-state index in [2.05, 4.69) is 49.7 Å². The van der Waals surface area contributed by atoms with Gasteiger partial charge in [0.1, 0.15) is 11.5 Å². The predicted molar refractivity (Wildman–Crippen MR) is 174 cm³/mol. The number of aryl methyl sites for hydroxylation is 1. The molecule has 0 saturated heterocycles. The van der Waals surface area contributed by atoms with Crippen molar-refractivity contribution in [1.29, 1.82) is 0 Å². The summed E-state index contributed by atoms with van der Waals surface area (Å²) >= 11 is 6.40. The Morgan fingerprint density at radius 3 is 2.22 bits per heavy atom. The molecule has 0 atom stereocenters. The Balaban J connectivity index is 0.00000108. The minimum atomic E-state index is -0.556. The molecular weight excluding hydrogens is 723 g/mol. The van der Waals surface area contributed by atoms with Gasteiger partial charge in [0.15, 0.2) is 0 Å². The first-order valence-electron chi connectivity index (χ1n) is 13.9.